The molecule has 3 nitrogen and oxygen atoms in total. The Morgan fingerprint density at radius 1 is 1.12 bits per heavy atom. The van der Waals surface area contributed by atoms with Gasteiger partial charge in [0.25, 0.3) is 0 Å². The van der Waals surface area contributed by atoms with E-state index in [1.807, 2.05) is 18.2 Å². The molecule has 1 aromatic rings. The average molecular weight is 457 g/mol. The summed E-state index contributed by atoms with van der Waals surface area (Å²) < 4.78 is 0. The molecule has 4 aliphatic rings. The molecule has 0 bridgehead atoms. The molecule has 0 saturated heterocycles. The first-order chi connectivity index (χ1) is 16.1. The first kappa shape index (κ1) is 23.3. The Hall–Kier alpha value is -2.44. The summed E-state index contributed by atoms with van der Waals surface area (Å²) >= 11 is 0. The second kappa shape index (κ2) is 8.35. The Morgan fingerprint density at radius 2 is 1.85 bits per heavy atom. The molecule has 178 valence electrons. The van der Waals surface area contributed by atoms with Crippen molar-refractivity contribution < 1.29 is 14.7 Å². The molecule has 2 saturated carbocycles. The molecule has 34 heavy (non-hydrogen) atoms. The van der Waals surface area contributed by atoms with Crippen molar-refractivity contribution in [3.8, 4) is 11.8 Å². The number of aliphatic hydroxyl groups is 1. The van der Waals surface area contributed by atoms with Crippen LogP contribution in [0.5, 0.6) is 0 Å². The molecule has 0 amide bonds. The summed E-state index contributed by atoms with van der Waals surface area (Å²) in [5.41, 5.74) is 4.82. The smallest absolute Gasteiger partial charge is 0.159 e. The van der Waals surface area contributed by atoms with Crippen LogP contribution in [0.15, 0.2) is 47.1 Å². The lowest BCUT2D eigenvalue weighted by Crippen LogP contribution is -2.51. The summed E-state index contributed by atoms with van der Waals surface area (Å²) in [5, 5.41) is 11.9. The van der Waals surface area contributed by atoms with Gasteiger partial charge in [-0.3, -0.25) is 9.59 Å². The number of rotatable bonds is 2. The van der Waals surface area contributed by atoms with Crippen molar-refractivity contribution in [2.45, 2.75) is 84.2 Å². The van der Waals surface area contributed by atoms with E-state index < -0.39 is 5.60 Å². The first-order valence-electron chi connectivity index (χ1n) is 13.0. The predicted molar refractivity (Wildman–Crippen MR) is 134 cm³/mol. The van der Waals surface area contributed by atoms with Crippen LogP contribution in [0.25, 0.3) is 0 Å². The lowest BCUT2D eigenvalue weighted by molar-refractivity contribution is -0.114. The first-order valence-corrected chi connectivity index (χ1v) is 13.0. The number of fused-ring (bicyclic) bond motifs is 4. The number of carbonyl (C=O) groups is 2. The van der Waals surface area contributed by atoms with Crippen molar-refractivity contribution in [1.29, 1.82) is 0 Å². The molecule has 0 aliphatic heterocycles. The van der Waals surface area contributed by atoms with Gasteiger partial charge in [0.2, 0.25) is 0 Å². The molecular weight excluding hydrogens is 420 g/mol. The van der Waals surface area contributed by atoms with E-state index in [4.69, 9.17) is 0 Å². The van der Waals surface area contributed by atoms with Crippen molar-refractivity contribution in [1.82, 2.24) is 0 Å². The van der Waals surface area contributed by atoms with E-state index in [0.29, 0.717) is 18.3 Å². The Morgan fingerprint density at radius 3 is 2.53 bits per heavy atom. The van der Waals surface area contributed by atoms with Gasteiger partial charge >= 0.3 is 0 Å². The molecule has 0 aromatic heterocycles. The van der Waals surface area contributed by atoms with Crippen LogP contribution in [0.4, 0.5) is 0 Å². The summed E-state index contributed by atoms with van der Waals surface area (Å²) in [4.78, 5) is 24.1. The highest BCUT2D eigenvalue weighted by molar-refractivity contribution is 5.94. The van der Waals surface area contributed by atoms with Gasteiger partial charge in [-0.05, 0) is 80.1 Å². The van der Waals surface area contributed by atoms with Crippen molar-refractivity contribution in [2.24, 2.45) is 23.2 Å². The topological polar surface area (TPSA) is 54.4 Å². The number of Topliss-reactive ketones (excluding diaryl/α,β-unsaturated/α-hetero) is 1. The normalized spacial score (nSPS) is 34.6. The molecule has 0 spiro atoms. The van der Waals surface area contributed by atoms with Gasteiger partial charge < -0.3 is 5.11 Å². The third-order valence-corrected chi connectivity index (χ3v) is 9.17. The maximum atomic E-state index is 12.2. The van der Waals surface area contributed by atoms with Crippen LogP contribution in [-0.2, 0) is 4.79 Å². The summed E-state index contributed by atoms with van der Waals surface area (Å²) in [6.45, 7) is 8.03. The highest BCUT2D eigenvalue weighted by Crippen LogP contribution is 2.66. The number of carbonyl (C=O) groups excluding carboxylic acids is 2. The van der Waals surface area contributed by atoms with Crippen LogP contribution in [0.1, 0.15) is 94.5 Å². The van der Waals surface area contributed by atoms with E-state index in [0.717, 1.165) is 44.1 Å². The maximum absolute atomic E-state index is 12.2. The van der Waals surface area contributed by atoms with Crippen LogP contribution in [0.2, 0.25) is 0 Å². The molecule has 2 unspecified atom stereocenters. The molecule has 5 atom stereocenters. The second-order valence-electron chi connectivity index (χ2n) is 11.5. The quantitative estimate of drug-likeness (QED) is 0.427. The zero-order valence-electron chi connectivity index (χ0n) is 20.9. The Bertz CT molecular complexity index is 1160. The minimum atomic E-state index is -0.978. The van der Waals surface area contributed by atoms with Crippen LogP contribution < -0.4 is 0 Å². The molecule has 0 radical (unpaired) electrons. The van der Waals surface area contributed by atoms with Gasteiger partial charge in [0.1, 0.15) is 5.60 Å². The van der Waals surface area contributed by atoms with Gasteiger partial charge in [-0.25, -0.2) is 0 Å². The number of hydrogen-bond donors (Lipinski definition) is 1. The van der Waals surface area contributed by atoms with Crippen molar-refractivity contribution in [3.05, 3.63) is 58.2 Å². The number of ketones is 2. The fraction of sp³-hybridized carbons (Fsp3) is 0.548. The Labute approximate surface area is 203 Å². The van der Waals surface area contributed by atoms with Crippen LogP contribution in [0.3, 0.4) is 0 Å². The summed E-state index contributed by atoms with van der Waals surface area (Å²) in [5.74, 6) is 8.15. The summed E-state index contributed by atoms with van der Waals surface area (Å²) in [7, 11) is 0. The molecule has 1 N–H and O–H groups in total. The monoisotopic (exact) mass is 456 g/mol. The minimum Gasteiger partial charge on any atom is -0.377 e. The van der Waals surface area contributed by atoms with E-state index in [-0.39, 0.29) is 28.8 Å². The SMILES string of the molecule is CC(=O)c1ccc(C2C[C@@]3(C)[C@@H](CCC3(O)C#CC(C)C)[C@@H]3CCC4=CC(=O)CCC4=C23)cc1. The highest BCUT2D eigenvalue weighted by atomic mass is 16.3. The number of benzene rings is 1. The maximum Gasteiger partial charge on any atom is 0.159 e. The van der Waals surface area contributed by atoms with Crippen LogP contribution in [-0.4, -0.2) is 22.3 Å². The third kappa shape index (κ3) is 3.62. The van der Waals surface area contributed by atoms with E-state index in [1.54, 1.807) is 6.92 Å². The van der Waals surface area contributed by atoms with Crippen molar-refractivity contribution >= 4 is 11.6 Å². The molecule has 4 aliphatic carbocycles. The average Bonchev–Trinajstić information content (AvgIpc) is 3.07. The molecule has 2 fully saturated rings. The molecule has 1 aromatic carbocycles. The van der Waals surface area contributed by atoms with Gasteiger partial charge in [-0.1, -0.05) is 62.5 Å². The Kier molecular flexibility index (Phi) is 5.72. The van der Waals surface area contributed by atoms with E-state index in [9.17, 15) is 14.7 Å². The molecule has 3 heteroatoms. The number of allylic oxidation sites excluding steroid dienone is 4. The van der Waals surface area contributed by atoms with Gasteiger partial charge in [0.05, 0.1) is 0 Å². The van der Waals surface area contributed by atoms with Gasteiger partial charge in [0, 0.05) is 29.2 Å². The van der Waals surface area contributed by atoms with Gasteiger partial charge in [-0.15, -0.1) is 0 Å². The number of hydrogen-bond acceptors (Lipinski definition) is 3. The summed E-state index contributed by atoms with van der Waals surface area (Å²) in [6, 6.07) is 8.09. The highest BCUT2D eigenvalue weighted by Gasteiger charge is 2.62. The lowest BCUT2D eigenvalue weighted by atomic mass is 9.51. The van der Waals surface area contributed by atoms with E-state index in [2.05, 4.69) is 44.7 Å². The van der Waals surface area contributed by atoms with Crippen molar-refractivity contribution in [3.63, 3.8) is 0 Å². The predicted octanol–water partition coefficient (Wildman–Crippen LogP) is 6.18. The minimum absolute atomic E-state index is 0.0740. The zero-order valence-corrected chi connectivity index (χ0v) is 20.9. The standard InChI is InChI=1S/C31H36O3/c1-19(2)13-15-31(34)16-14-28-26-11-9-23-17-24(33)10-12-25(23)29(26)27(18-30(28,31)4)22-7-5-21(6-8-22)20(3)32/h5-8,17,19,26-28,34H,9-12,14,16,18H2,1-4H3/t26-,27?,28-,30-,31?/m0/s1. The van der Waals surface area contributed by atoms with Crippen LogP contribution in [0, 0.1) is 35.0 Å². The zero-order chi connectivity index (χ0) is 24.3. The Balaban J connectivity index is 1.66. The molecule has 5 rings (SSSR count). The summed E-state index contributed by atoms with van der Waals surface area (Å²) in [6.07, 6.45) is 7.87. The van der Waals surface area contributed by atoms with Gasteiger partial charge in [0.15, 0.2) is 11.6 Å². The molecule has 0 heterocycles. The molecular formula is C31H36O3. The fourth-order valence-corrected chi connectivity index (χ4v) is 7.38. The largest absolute Gasteiger partial charge is 0.377 e. The fourth-order valence-electron chi connectivity index (χ4n) is 7.38. The third-order valence-electron chi connectivity index (χ3n) is 9.17. The van der Waals surface area contributed by atoms with Crippen LogP contribution >= 0.6 is 0 Å². The van der Waals surface area contributed by atoms with Crippen molar-refractivity contribution in [2.75, 3.05) is 0 Å². The lowest BCUT2D eigenvalue weighted by Gasteiger charge is -2.53. The second-order valence-corrected chi connectivity index (χ2v) is 11.5. The van der Waals surface area contributed by atoms with E-state index in [1.165, 1.54) is 22.3 Å². The van der Waals surface area contributed by atoms with Gasteiger partial charge in [-0.2, -0.15) is 0 Å². The van der Waals surface area contributed by atoms with E-state index >= 15 is 0 Å².